The standard InChI is InChI=1S/C19H16F3NO5S/c1-18(2,3)10-9-11-7-8-14-15-12(11)5-4-6-13(15)16(24)23(17(14)25)28-29(26,27)19(20,21)22/h4-10H,1-3H3/b10-9+. The van der Waals surface area contributed by atoms with Crippen LogP contribution < -0.4 is 0 Å². The Morgan fingerprint density at radius 1 is 0.966 bits per heavy atom. The second-order valence-electron chi connectivity index (χ2n) is 7.51. The van der Waals surface area contributed by atoms with Crippen molar-refractivity contribution < 1.29 is 35.5 Å². The van der Waals surface area contributed by atoms with Crippen LogP contribution in [0.4, 0.5) is 13.2 Å². The maximum absolute atomic E-state index is 12.6. The number of amides is 2. The van der Waals surface area contributed by atoms with Gasteiger partial charge in [0.25, 0.3) is 11.8 Å². The quantitative estimate of drug-likeness (QED) is 0.540. The zero-order chi connectivity index (χ0) is 21.8. The third kappa shape index (κ3) is 3.77. The number of nitrogens with zero attached hydrogens (tertiary/aromatic N) is 1. The van der Waals surface area contributed by atoms with Crippen molar-refractivity contribution in [3.05, 3.63) is 53.1 Å². The highest BCUT2D eigenvalue weighted by atomic mass is 32.2. The topological polar surface area (TPSA) is 80.8 Å². The molecule has 0 saturated heterocycles. The number of allylic oxidation sites excluding steroid dienone is 1. The summed E-state index contributed by atoms with van der Waals surface area (Å²) in [5, 5.41) is 0.383. The van der Waals surface area contributed by atoms with Gasteiger partial charge in [-0.2, -0.15) is 21.6 Å². The molecule has 0 unspecified atom stereocenters. The van der Waals surface area contributed by atoms with Crippen LogP contribution in [0.2, 0.25) is 0 Å². The Labute approximate surface area is 164 Å². The van der Waals surface area contributed by atoms with Crippen molar-refractivity contribution in [1.29, 1.82) is 0 Å². The number of halogens is 3. The average molecular weight is 427 g/mol. The summed E-state index contributed by atoms with van der Waals surface area (Å²) in [6.45, 7) is 5.95. The molecule has 0 saturated carbocycles. The fourth-order valence-corrected chi connectivity index (χ4v) is 3.21. The first-order chi connectivity index (χ1) is 13.2. The molecule has 0 bridgehead atoms. The van der Waals surface area contributed by atoms with Crippen LogP contribution >= 0.6 is 0 Å². The molecule has 2 aromatic carbocycles. The van der Waals surface area contributed by atoms with Gasteiger partial charge in [0.2, 0.25) is 0 Å². The average Bonchev–Trinajstić information content (AvgIpc) is 2.60. The molecule has 2 aromatic rings. The van der Waals surface area contributed by atoms with Crippen molar-refractivity contribution in [3.8, 4) is 0 Å². The van der Waals surface area contributed by atoms with Crippen molar-refractivity contribution in [2.75, 3.05) is 0 Å². The van der Waals surface area contributed by atoms with E-state index in [1.165, 1.54) is 18.2 Å². The highest BCUT2D eigenvalue weighted by Crippen LogP contribution is 2.35. The molecule has 0 spiro atoms. The monoisotopic (exact) mass is 427 g/mol. The fourth-order valence-electron chi connectivity index (χ4n) is 2.79. The van der Waals surface area contributed by atoms with Gasteiger partial charge in [-0.15, -0.1) is 9.35 Å². The van der Waals surface area contributed by atoms with Crippen LogP contribution in [-0.4, -0.2) is 30.8 Å². The second-order valence-corrected chi connectivity index (χ2v) is 9.03. The molecule has 10 heteroatoms. The largest absolute Gasteiger partial charge is 0.525 e. The maximum atomic E-state index is 12.6. The highest BCUT2D eigenvalue weighted by molar-refractivity contribution is 7.87. The smallest absolute Gasteiger partial charge is 0.266 e. The Kier molecular flexibility index (Phi) is 4.83. The van der Waals surface area contributed by atoms with Crippen LogP contribution in [0.3, 0.4) is 0 Å². The van der Waals surface area contributed by atoms with Crippen molar-refractivity contribution in [2.45, 2.75) is 26.3 Å². The van der Waals surface area contributed by atoms with E-state index in [0.29, 0.717) is 10.9 Å². The molecule has 0 aromatic heterocycles. The van der Waals surface area contributed by atoms with E-state index in [-0.39, 0.29) is 27.0 Å². The first-order valence-corrected chi connectivity index (χ1v) is 9.78. The molecule has 2 amide bonds. The normalized spacial score (nSPS) is 15.6. The van der Waals surface area contributed by atoms with E-state index >= 15 is 0 Å². The van der Waals surface area contributed by atoms with Crippen LogP contribution in [0.15, 0.2) is 36.4 Å². The molecule has 154 valence electrons. The molecular formula is C19H16F3NO5S. The van der Waals surface area contributed by atoms with Crippen molar-refractivity contribution in [2.24, 2.45) is 5.41 Å². The van der Waals surface area contributed by atoms with E-state index in [9.17, 15) is 31.2 Å². The first-order valence-electron chi connectivity index (χ1n) is 8.37. The van der Waals surface area contributed by atoms with Gasteiger partial charge in [0.15, 0.2) is 0 Å². The number of carbonyl (C=O) groups is 2. The molecule has 3 rings (SSSR count). The Morgan fingerprint density at radius 2 is 1.55 bits per heavy atom. The minimum Gasteiger partial charge on any atom is -0.266 e. The van der Waals surface area contributed by atoms with Gasteiger partial charge in [0.1, 0.15) is 0 Å². The van der Waals surface area contributed by atoms with Crippen LogP contribution in [-0.2, 0) is 14.4 Å². The number of hydroxylamine groups is 2. The SMILES string of the molecule is CC(C)(C)/C=C/c1ccc2c3c(cccc13)C(=O)N(OS(=O)(=O)C(F)(F)F)C2=O. The number of carbonyl (C=O) groups excluding carboxylic acids is 2. The van der Waals surface area contributed by atoms with E-state index in [4.69, 9.17) is 0 Å². The maximum Gasteiger partial charge on any atom is 0.525 e. The summed E-state index contributed by atoms with van der Waals surface area (Å²) in [7, 11) is -6.19. The number of alkyl halides is 3. The molecule has 1 heterocycles. The van der Waals surface area contributed by atoms with E-state index in [1.54, 1.807) is 12.1 Å². The van der Waals surface area contributed by atoms with Gasteiger partial charge in [0, 0.05) is 5.39 Å². The minimum atomic E-state index is -6.19. The highest BCUT2D eigenvalue weighted by Gasteiger charge is 2.51. The van der Waals surface area contributed by atoms with Gasteiger partial charge in [-0.05, 0) is 28.5 Å². The molecule has 29 heavy (non-hydrogen) atoms. The van der Waals surface area contributed by atoms with Crippen molar-refractivity contribution in [1.82, 2.24) is 5.06 Å². The molecule has 0 fully saturated rings. The fraction of sp³-hybridized carbons (Fsp3) is 0.263. The summed E-state index contributed by atoms with van der Waals surface area (Å²) in [5.41, 5.74) is -5.51. The summed E-state index contributed by atoms with van der Waals surface area (Å²) in [5.74, 6) is -2.59. The predicted molar refractivity (Wildman–Crippen MR) is 99.0 cm³/mol. The summed E-state index contributed by atoms with van der Waals surface area (Å²) in [4.78, 5) is 25.2. The van der Waals surface area contributed by atoms with Crippen LogP contribution in [0.5, 0.6) is 0 Å². The Morgan fingerprint density at radius 3 is 2.10 bits per heavy atom. The lowest BCUT2D eigenvalue weighted by Crippen LogP contribution is -2.44. The molecule has 1 aliphatic heterocycles. The van der Waals surface area contributed by atoms with Crippen LogP contribution in [0.25, 0.3) is 16.8 Å². The number of hydrogen-bond donors (Lipinski definition) is 0. The molecule has 1 aliphatic rings. The third-order valence-electron chi connectivity index (χ3n) is 4.12. The molecule has 6 nitrogen and oxygen atoms in total. The summed E-state index contributed by atoms with van der Waals surface area (Å²) in [6.07, 6.45) is 3.74. The predicted octanol–water partition coefficient (Wildman–Crippen LogP) is 4.28. The summed E-state index contributed by atoms with van der Waals surface area (Å²) in [6, 6.07) is 7.32. The zero-order valence-electron chi connectivity index (χ0n) is 15.6. The lowest BCUT2D eigenvalue weighted by Gasteiger charge is -2.26. The van der Waals surface area contributed by atoms with Gasteiger partial charge >= 0.3 is 15.6 Å². The minimum absolute atomic E-state index is 0.137. The van der Waals surface area contributed by atoms with E-state index in [2.05, 4.69) is 4.28 Å². The third-order valence-corrected chi connectivity index (χ3v) is 5.04. The van der Waals surface area contributed by atoms with Gasteiger partial charge in [-0.3, -0.25) is 9.59 Å². The van der Waals surface area contributed by atoms with Crippen molar-refractivity contribution in [3.63, 3.8) is 0 Å². The Balaban J connectivity index is 2.15. The van der Waals surface area contributed by atoms with Crippen LogP contribution in [0.1, 0.15) is 47.1 Å². The Bertz CT molecular complexity index is 1140. The molecule has 0 N–H and O–H groups in total. The summed E-state index contributed by atoms with van der Waals surface area (Å²) >= 11 is 0. The molecule has 0 radical (unpaired) electrons. The zero-order valence-corrected chi connectivity index (χ0v) is 16.4. The molecule has 0 atom stereocenters. The van der Waals surface area contributed by atoms with Gasteiger partial charge < -0.3 is 0 Å². The van der Waals surface area contributed by atoms with E-state index in [1.807, 2.05) is 32.9 Å². The number of imide groups is 1. The van der Waals surface area contributed by atoms with E-state index in [0.717, 1.165) is 0 Å². The van der Waals surface area contributed by atoms with Gasteiger partial charge in [-0.25, -0.2) is 0 Å². The van der Waals surface area contributed by atoms with Crippen LogP contribution in [0, 0.1) is 5.41 Å². The Hall–Kier alpha value is -2.72. The second kappa shape index (κ2) is 6.67. The first kappa shape index (κ1) is 21.0. The summed E-state index contributed by atoms with van der Waals surface area (Å²) < 4.78 is 64.3. The van der Waals surface area contributed by atoms with Crippen molar-refractivity contribution >= 4 is 38.8 Å². The molecule has 0 aliphatic carbocycles. The number of hydrogen-bond acceptors (Lipinski definition) is 5. The molecular weight excluding hydrogens is 411 g/mol. The van der Waals surface area contributed by atoms with E-state index < -0.39 is 27.4 Å². The van der Waals surface area contributed by atoms with Gasteiger partial charge in [0.05, 0.1) is 11.1 Å². The lowest BCUT2D eigenvalue weighted by molar-refractivity contribution is -0.0761. The number of benzene rings is 2. The lowest BCUT2D eigenvalue weighted by atomic mass is 9.90. The number of rotatable bonds is 3. The van der Waals surface area contributed by atoms with Gasteiger partial charge in [-0.1, -0.05) is 51.1 Å².